The first-order valence-corrected chi connectivity index (χ1v) is 10.5. The molecule has 0 bridgehead atoms. The average Bonchev–Trinajstić information content (AvgIpc) is 3.19. The molecule has 3 rings (SSSR count). The number of benzene rings is 1. The molecule has 1 amide bonds. The van der Waals surface area contributed by atoms with Crippen molar-refractivity contribution in [2.45, 2.75) is 51.1 Å². The van der Waals surface area contributed by atoms with Crippen molar-refractivity contribution in [2.75, 3.05) is 42.6 Å². The summed E-state index contributed by atoms with van der Waals surface area (Å²) in [6, 6.07) is 3.25. The molecule has 8 heteroatoms. The number of halogens is 3. The normalized spacial score (nSPS) is 20.7. The number of hydrogen-bond donors (Lipinski definition) is 3. The number of nitrogens with two attached hydrogens (primary N) is 1. The number of nitrogen functional groups attached to an aromatic ring is 1. The lowest BCUT2D eigenvalue weighted by Crippen LogP contribution is -2.31. The fourth-order valence-electron chi connectivity index (χ4n) is 4.47. The molecule has 0 aromatic heterocycles. The molecule has 29 heavy (non-hydrogen) atoms. The molecule has 1 heterocycles. The maximum Gasteiger partial charge on any atom is 0.393 e. The Morgan fingerprint density at radius 3 is 2.55 bits per heavy atom. The second kappa shape index (κ2) is 9.13. The minimum absolute atomic E-state index is 0.0332. The van der Waals surface area contributed by atoms with Crippen LogP contribution in [0.15, 0.2) is 12.1 Å². The van der Waals surface area contributed by atoms with Crippen molar-refractivity contribution >= 4 is 23.0 Å². The molecule has 1 atom stereocenters. The standard InChI is InChI=1S/C21H31F3N4O/c1-26-18-12-19(28-10-8-15(13-28)21(22,23)24)16(11-17(18)25)20(29)27-9-7-14-5-3-2-4-6-14/h11-12,14-15,26H,2-10,13,25H2,1H3,(H,27,29). The van der Waals surface area contributed by atoms with Crippen molar-refractivity contribution in [1.82, 2.24) is 5.32 Å². The van der Waals surface area contributed by atoms with Crippen LogP contribution in [0.5, 0.6) is 0 Å². The highest BCUT2D eigenvalue weighted by Gasteiger charge is 2.44. The maximum absolute atomic E-state index is 13.1. The Morgan fingerprint density at radius 1 is 1.21 bits per heavy atom. The van der Waals surface area contributed by atoms with E-state index in [1.807, 2.05) is 0 Å². The third-order valence-electron chi connectivity index (χ3n) is 6.24. The Kier molecular flexibility index (Phi) is 6.80. The number of nitrogens with zero attached hydrogens (tertiary/aromatic N) is 1. The largest absolute Gasteiger partial charge is 0.397 e. The number of alkyl halides is 3. The van der Waals surface area contributed by atoms with Gasteiger partial charge in [0.2, 0.25) is 0 Å². The second-order valence-electron chi connectivity index (χ2n) is 8.23. The highest BCUT2D eigenvalue weighted by molar-refractivity contribution is 6.02. The fraction of sp³-hybridized carbons (Fsp3) is 0.667. The van der Waals surface area contributed by atoms with Gasteiger partial charge < -0.3 is 21.3 Å². The Bertz CT molecular complexity index is 717. The van der Waals surface area contributed by atoms with Gasteiger partial charge in [-0.3, -0.25) is 4.79 Å². The molecule has 1 aliphatic carbocycles. The van der Waals surface area contributed by atoms with Gasteiger partial charge in [-0.2, -0.15) is 13.2 Å². The zero-order valence-corrected chi connectivity index (χ0v) is 16.9. The van der Waals surface area contributed by atoms with E-state index >= 15 is 0 Å². The molecule has 1 saturated carbocycles. The summed E-state index contributed by atoms with van der Waals surface area (Å²) in [5, 5.41) is 5.90. The minimum atomic E-state index is -4.23. The van der Waals surface area contributed by atoms with Crippen molar-refractivity contribution in [3.8, 4) is 0 Å². The monoisotopic (exact) mass is 412 g/mol. The van der Waals surface area contributed by atoms with Crippen LogP contribution >= 0.6 is 0 Å². The van der Waals surface area contributed by atoms with E-state index in [0.717, 1.165) is 6.42 Å². The predicted molar refractivity (Wildman–Crippen MR) is 110 cm³/mol. The summed E-state index contributed by atoms with van der Waals surface area (Å²) in [7, 11) is 1.70. The van der Waals surface area contributed by atoms with Crippen LogP contribution in [0.25, 0.3) is 0 Å². The van der Waals surface area contributed by atoms with Crippen LogP contribution in [0.4, 0.5) is 30.2 Å². The van der Waals surface area contributed by atoms with E-state index in [4.69, 9.17) is 5.73 Å². The highest BCUT2D eigenvalue weighted by Crippen LogP contribution is 2.38. The van der Waals surface area contributed by atoms with Crippen LogP contribution in [-0.2, 0) is 0 Å². The molecule has 0 radical (unpaired) electrons. The van der Waals surface area contributed by atoms with Gasteiger partial charge in [0.25, 0.3) is 5.91 Å². The molecule has 1 aliphatic heterocycles. The number of amides is 1. The molecule has 4 N–H and O–H groups in total. The molecular formula is C21H31F3N4O. The molecule has 2 fully saturated rings. The lowest BCUT2D eigenvalue weighted by molar-refractivity contribution is -0.168. The Morgan fingerprint density at radius 2 is 1.93 bits per heavy atom. The van der Waals surface area contributed by atoms with Gasteiger partial charge in [0.1, 0.15) is 0 Å². The first-order chi connectivity index (χ1) is 13.8. The number of carbonyl (C=O) groups excluding carboxylic acids is 1. The zero-order valence-electron chi connectivity index (χ0n) is 16.9. The third-order valence-corrected chi connectivity index (χ3v) is 6.24. The number of nitrogens with one attached hydrogen (secondary N) is 2. The summed E-state index contributed by atoms with van der Waals surface area (Å²) in [6.45, 7) is 0.695. The van der Waals surface area contributed by atoms with Crippen molar-refractivity contribution in [3.05, 3.63) is 17.7 Å². The SMILES string of the molecule is CNc1cc(N2CCC(C(F)(F)F)C2)c(C(=O)NCCC2CCCCC2)cc1N. The Labute approximate surface area is 170 Å². The van der Waals surface area contributed by atoms with E-state index in [1.165, 1.54) is 32.1 Å². The van der Waals surface area contributed by atoms with Crippen LogP contribution in [0.2, 0.25) is 0 Å². The van der Waals surface area contributed by atoms with Gasteiger partial charge >= 0.3 is 6.18 Å². The molecule has 2 aliphatic rings. The molecule has 1 unspecified atom stereocenters. The Balaban J connectivity index is 1.73. The molecule has 5 nitrogen and oxygen atoms in total. The van der Waals surface area contributed by atoms with Gasteiger partial charge in [0.15, 0.2) is 0 Å². The minimum Gasteiger partial charge on any atom is -0.397 e. The summed E-state index contributed by atoms with van der Waals surface area (Å²) >= 11 is 0. The average molecular weight is 413 g/mol. The molecule has 1 aromatic rings. The second-order valence-corrected chi connectivity index (χ2v) is 8.23. The van der Waals surface area contributed by atoms with Crippen molar-refractivity contribution in [3.63, 3.8) is 0 Å². The summed E-state index contributed by atoms with van der Waals surface area (Å²) in [4.78, 5) is 14.5. The van der Waals surface area contributed by atoms with Gasteiger partial charge in [-0.1, -0.05) is 32.1 Å². The number of hydrogen-bond acceptors (Lipinski definition) is 4. The fourth-order valence-corrected chi connectivity index (χ4v) is 4.47. The van der Waals surface area contributed by atoms with E-state index in [1.54, 1.807) is 24.1 Å². The van der Waals surface area contributed by atoms with Crippen molar-refractivity contribution in [2.24, 2.45) is 11.8 Å². The van der Waals surface area contributed by atoms with Gasteiger partial charge in [-0.05, 0) is 30.9 Å². The highest BCUT2D eigenvalue weighted by atomic mass is 19.4. The van der Waals surface area contributed by atoms with Crippen molar-refractivity contribution < 1.29 is 18.0 Å². The molecule has 1 saturated heterocycles. The smallest absolute Gasteiger partial charge is 0.393 e. The number of rotatable bonds is 6. The van der Waals surface area contributed by atoms with Crippen LogP contribution in [0.1, 0.15) is 55.3 Å². The van der Waals surface area contributed by atoms with E-state index < -0.39 is 12.1 Å². The molecule has 162 valence electrons. The van der Waals surface area contributed by atoms with Gasteiger partial charge in [0.05, 0.1) is 28.5 Å². The van der Waals surface area contributed by atoms with E-state index in [-0.39, 0.29) is 25.4 Å². The molecule has 0 spiro atoms. The first-order valence-electron chi connectivity index (χ1n) is 10.5. The summed E-state index contributed by atoms with van der Waals surface area (Å²) < 4.78 is 39.4. The maximum atomic E-state index is 13.1. The lowest BCUT2D eigenvalue weighted by Gasteiger charge is -2.25. The summed E-state index contributed by atoms with van der Waals surface area (Å²) in [5.74, 6) is -1.01. The summed E-state index contributed by atoms with van der Waals surface area (Å²) in [5.41, 5.74) is 7.89. The van der Waals surface area contributed by atoms with Gasteiger partial charge in [-0.25, -0.2) is 0 Å². The van der Waals surface area contributed by atoms with Crippen molar-refractivity contribution in [1.29, 1.82) is 0 Å². The van der Waals surface area contributed by atoms with E-state index in [2.05, 4.69) is 10.6 Å². The van der Waals surface area contributed by atoms with Gasteiger partial charge in [0, 0.05) is 26.7 Å². The summed E-state index contributed by atoms with van der Waals surface area (Å²) in [6.07, 6.45) is 2.95. The van der Waals surface area contributed by atoms with Gasteiger partial charge in [-0.15, -0.1) is 0 Å². The zero-order chi connectivity index (χ0) is 21.0. The molecular weight excluding hydrogens is 381 g/mol. The first kappa shape index (κ1) is 21.6. The molecule has 1 aromatic carbocycles. The van der Waals surface area contributed by atoms with E-state index in [9.17, 15) is 18.0 Å². The van der Waals surface area contributed by atoms with Crippen LogP contribution in [0, 0.1) is 11.8 Å². The van der Waals surface area contributed by atoms with E-state index in [0.29, 0.717) is 35.1 Å². The van der Waals surface area contributed by atoms with Crippen LogP contribution in [-0.4, -0.2) is 38.8 Å². The Hall–Kier alpha value is -2.12. The topological polar surface area (TPSA) is 70.4 Å². The predicted octanol–water partition coefficient (Wildman–Crippen LogP) is 4.40. The van der Waals surface area contributed by atoms with Crippen LogP contribution < -0.4 is 21.3 Å². The number of carbonyl (C=O) groups is 1. The number of anilines is 3. The third kappa shape index (κ3) is 5.28. The lowest BCUT2D eigenvalue weighted by atomic mass is 9.87. The van der Waals surface area contributed by atoms with Crippen LogP contribution in [0.3, 0.4) is 0 Å². The quantitative estimate of drug-likeness (QED) is 0.606.